The van der Waals surface area contributed by atoms with Crippen LogP contribution in [0.1, 0.15) is 22.8 Å². The number of carbonyl (C=O) groups excluding carboxylic acids is 2. The number of thiazole rings is 1. The Bertz CT molecular complexity index is 1700. The summed E-state index contributed by atoms with van der Waals surface area (Å²) < 4.78 is 46.2. The summed E-state index contributed by atoms with van der Waals surface area (Å²) in [7, 11) is -3.78. The lowest BCUT2D eigenvalue weighted by molar-refractivity contribution is -0.143. The van der Waals surface area contributed by atoms with Gasteiger partial charge < -0.3 is 18.8 Å². The van der Waals surface area contributed by atoms with Crippen LogP contribution in [0.5, 0.6) is 11.5 Å². The number of benzene rings is 3. The van der Waals surface area contributed by atoms with E-state index in [0.717, 1.165) is 10.3 Å². The Morgan fingerprint density at radius 3 is 2.42 bits per heavy atom. The van der Waals surface area contributed by atoms with Crippen molar-refractivity contribution >= 4 is 49.1 Å². The minimum Gasteiger partial charge on any atom is -0.465 e. The average Bonchev–Trinajstić information content (AvgIpc) is 3.47. The number of carbonyl (C=O) groups is 2. The second kappa shape index (κ2) is 10.3. The molecule has 0 aliphatic carbocycles. The number of hydrogen-bond donors (Lipinski definition) is 1. The number of aromatic nitrogens is 1. The van der Waals surface area contributed by atoms with Gasteiger partial charge in [0.05, 0.1) is 21.7 Å². The van der Waals surface area contributed by atoms with E-state index in [2.05, 4.69) is 9.71 Å². The lowest BCUT2D eigenvalue weighted by Crippen LogP contribution is -2.23. The molecular weight excluding hydrogens is 530 g/mol. The molecule has 38 heavy (non-hydrogen) atoms. The third-order valence-corrected chi connectivity index (χ3v) is 8.12. The van der Waals surface area contributed by atoms with E-state index in [9.17, 15) is 18.0 Å². The van der Waals surface area contributed by atoms with Crippen LogP contribution in [0.25, 0.3) is 10.2 Å². The van der Waals surface area contributed by atoms with Gasteiger partial charge >= 0.3 is 5.97 Å². The van der Waals surface area contributed by atoms with Gasteiger partial charge in [0, 0.05) is 23.4 Å². The van der Waals surface area contributed by atoms with Crippen LogP contribution in [0.3, 0.4) is 0 Å². The molecule has 0 saturated carbocycles. The molecule has 3 aromatic carbocycles. The number of anilines is 1. The Hall–Kier alpha value is -4.16. The Balaban J connectivity index is 1.43. The summed E-state index contributed by atoms with van der Waals surface area (Å²) in [5.74, 6) is 0.0872. The van der Waals surface area contributed by atoms with Crippen LogP contribution < -0.4 is 19.0 Å². The summed E-state index contributed by atoms with van der Waals surface area (Å²) in [5, 5.41) is 0. The van der Waals surface area contributed by atoms with Crippen LogP contribution in [-0.2, 0) is 26.1 Å². The Morgan fingerprint density at radius 1 is 1.05 bits per heavy atom. The minimum absolute atomic E-state index is 0.109. The molecule has 12 heteroatoms. The molecule has 0 bridgehead atoms. The highest BCUT2D eigenvalue weighted by atomic mass is 32.2. The Kier molecular flexibility index (Phi) is 6.91. The topological polar surface area (TPSA) is 125 Å². The van der Waals surface area contributed by atoms with Crippen LogP contribution in [0.2, 0.25) is 0 Å². The van der Waals surface area contributed by atoms with Gasteiger partial charge in [-0.3, -0.25) is 14.3 Å². The summed E-state index contributed by atoms with van der Waals surface area (Å²) in [4.78, 5) is 30.0. The second-order valence-corrected chi connectivity index (χ2v) is 11.1. The highest BCUT2D eigenvalue weighted by molar-refractivity contribution is 7.92. The van der Waals surface area contributed by atoms with Crippen molar-refractivity contribution in [3.63, 3.8) is 0 Å². The largest absolute Gasteiger partial charge is 0.465 e. The standard InChI is InChI=1S/C26H23N3O7S2/c1-3-34-24(30)14-29-20-12-21-22(36-15-35-21)13-23(20)37-26(29)27-25(31)17-6-8-18(9-7-17)28-38(32,33)19-10-4-16(2)5-11-19/h4-13,28H,3,14-15H2,1-2H3. The molecular formula is C26H23N3O7S2. The number of amides is 1. The number of fused-ring (bicyclic) bond motifs is 2. The maximum Gasteiger partial charge on any atom is 0.326 e. The summed E-state index contributed by atoms with van der Waals surface area (Å²) in [6, 6.07) is 16.0. The number of ether oxygens (including phenoxy) is 3. The predicted octanol–water partition coefficient (Wildman–Crippen LogP) is 3.84. The fourth-order valence-electron chi connectivity index (χ4n) is 3.80. The molecule has 1 amide bonds. The molecule has 4 aromatic rings. The highest BCUT2D eigenvalue weighted by Crippen LogP contribution is 2.37. The lowest BCUT2D eigenvalue weighted by atomic mass is 10.2. The molecule has 1 N–H and O–H groups in total. The van der Waals surface area contributed by atoms with Crippen molar-refractivity contribution in [3.8, 4) is 11.5 Å². The van der Waals surface area contributed by atoms with Crippen molar-refractivity contribution in [2.24, 2.45) is 4.99 Å². The predicted molar refractivity (Wildman–Crippen MR) is 141 cm³/mol. The molecule has 0 atom stereocenters. The first-order chi connectivity index (χ1) is 18.2. The number of esters is 1. The summed E-state index contributed by atoms with van der Waals surface area (Å²) in [6.45, 7) is 3.78. The van der Waals surface area contributed by atoms with E-state index in [0.29, 0.717) is 27.5 Å². The van der Waals surface area contributed by atoms with E-state index >= 15 is 0 Å². The highest BCUT2D eigenvalue weighted by Gasteiger charge is 2.20. The van der Waals surface area contributed by atoms with Gasteiger partial charge in [-0.2, -0.15) is 4.99 Å². The molecule has 1 aromatic heterocycles. The number of sulfonamides is 1. The fourth-order valence-corrected chi connectivity index (χ4v) is 5.89. The van der Waals surface area contributed by atoms with Gasteiger partial charge in [0.1, 0.15) is 6.54 Å². The molecule has 196 valence electrons. The summed E-state index contributed by atoms with van der Waals surface area (Å²) >= 11 is 1.22. The monoisotopic (exact) mass is 553 g/mol. The van der Waals surface area contributed by atoms with E-state index in [1.807, 2.05) is 6.92 Å². The zero-order chi connectivity index (χ0) is 26.9. The smallest absolute Gasteiger partial charge is 0.326 e. The van der Waals surface area contributed by atoms with Crippen LogP contribution in [0.15, 0.2) is 70.6 Å². The molecule has 0 unspecified atom stereocenters. The zero-order valence-corrected chi connectivity index (χ0v) is 22.1. The molecule has 0 spiro atoms. The van der Waals surface area contributed by atoms with E-state index in [1.54, 1.807) is 35.8 Å². The van der Waals surface area contributed by atoms with Gasteiger partial charge in [-0.15, -0.1) is 0 Å². The summed E-state index contributed by atoms with van der Waals surface area (Å²) in [6.07, 6.45) is 0. The quantitative estimate of drug-likeness (QED) is 0.345. The SMILES string of the molecule is CCOC(=O)Cn1c(=NC(=O)c2ccc(NS(=O)(=O)c3ccc(C)cc3)cc2)sc2cc3c(cc21)OCO3. The summed E-state index contributed by atoms with van der Waals surface area (Å²) in [5.41, 5.74) is 2.15. The zero-order valence-electron chi connectivity index (χ0n) is 20.5. The Labute approximate surface area is 222 Å². The molecule has 0 radical (unpaired) electrons. The number of hydrogen-bond acceptors (Lipinski definition) is 8. The molecule has 5 rings (SSSR count). The number of nitrogens with zero attached hydrogens (tertiary/aromatic N) is 2. The van der Waals surface area contributed by atoms with Gasteiger partial charge in [-0.05, 0) is 50.2 Å². The van der Waals surface area contributed by atoms with Gasteiger partial charge in [0.15, 0.2) is 16.3 Å². The molecule has 1 aliphatic heterocycles. The van der Waals surface area contributed by atoms with Crippen LogP contribution in [0.4, 0.5) is 5.69 Å². The first-order valence-electron chi connectivity index (χ1n) is 11.6. The number of aryl methyl sites for hydroxylation is 1. The normalized spacial score (nSPS) is 13.1. The first-order valence-corrected chi connectivity index (χ1v) is 13.9. The van der Waals surface area contributed by atoms with Gasteiger partial charge in [0.2, 0.25) is 6.79 Å². The van der Waals surface area contributed by atoms with Crippen molar-refractivity contribution in [2.45, 2.75) is 25.3 Å². The minimum atomic E-state index is -3.78. The molecule has 2 heterocycles. The van der Waals surface area contributed by atoms with Crippen molar-refractivity contribution in [3.05, 3.63) is 76.6 Å². The molecule has 0 fully saturated rings. The van der Waals surface area contributed by atoms with E-state index in [1.165, 1.54) is 47.7 Å². The third-order valence-electron chi connectivity index (χ3n) is 5.68. The second-order valence-electron chi connectivity index (χ2n) is 8.36. The van der Waals surface area contributed by atoms with Gasteiger partial charge in [-0.25, -0.2) is 8.42 Å². The number of rotatable bonds is 7. The van der Waals surface area contributed by atoms with E-state index in [-0.39, 0.29) is 30.4 Å². The average molecular weight is 554 g/mol. The molecule has 10 nitrogen and oxygen atoms in total. The van der Waals surface area contributed by atoms with Crippen LogP contribution >= 0.6 is 11.3 Å². The maximum absolute atomic E-state index is 13.0. The van der Waals surface area contributed by atoms with Crippen molar-refractivity contribution in [2.75, 3.05) is 18.1 Å². The lowest BCUT2D eigenvalue weighted by Gasteiger charge is -2.08. The van der Waals surface area contributed by atoms with Crippen LogP contribution in [-0.4, -0.2) is 38.3 Å². The van der Waals surface area contributed by atoms with Crippen molar-refractivity contribution < 1.29 is 32.2 Å². The van der Waals surface area contributed by atoms with Crippen molar-refractivity contribution in [1.82, 2.24) is 4.57 Å². The van der Waals surface area contributed by atoms with Gasteiger partial charge in [0.25, 0.3) is 15.9 Å². The Morgan fingerprint density at radius 2 is 1.74 bits per heavy atom. The van der Waals surface area contributed by atoms with Gasteiger partial charge in [-0.1, -0.05) is 29.0 Å². The van der Waals surface area contributed by atoms with Crippen molar-refractivity contribution in [1.29, 1.82) is 0 Å². The van der Waals surface area contributed by atoms with E-state index in [4.69, 9.17) is 14.2 Å². The maximum atomic E-state index is 13.0. The number of nitrogens with one attached hydrogen (secondary N) is 1. The molecule has 1 aliphatic rings. The fraction of sp³-hybridized carbons (Fsp3) is 0.192. The third kappa shape index (κ3) is 5.27. The van der Waals surface area contributed by atoms with E-state index < -0.39 is 21.9 Å². The first kappa shape index (κ1) is 25.5. The van der Waals surface area contributed by atoms with Crippen LogP contribution in [0, 0.1) is 6.92 Å². The molecule has 0 saturated heterocycles.